The number of amides is 2. The third-order valence-corrected chi connectivity index (χ3v) is 8.57. The van der Waals surface area contributed by atoms with Crippen LogP contribution in [0.3, 0.4) is 0 Å². The number of anilines is 1. The zero-order chi connectivity index (χ0) is 31.5. The van der Waals surface area contributed by atoms with Gasteiger partial charge < -0.3 is 29.1 Å². The number of aromatic nitrogens is 1. The zero-order valence-corrected chi connectivity index (χ0v) is 24.9. The molecule has 9 nitrogen and oxygen atoms in total. The van der Waals surface area contributed by atoms with E-state index in [4.69, 9.17) is 20.9 Å². The van der Waals surface area contributed by atoms with Gasteiger partial charge in [-0.1, -0.05) is 47.1 Å². The van der Waals surface area contributed by atoms with E-state index in [0.717, 1.165) is 35.6 Å². The van der Waals surface area contributed by atoms with Gasteiger partial charge in [-0.05, 0) is 43.9 Å². The van der Waals surface area contributed by atoms with Crippen molar-refractivity contribution in [3.8, 4) is 0 Å². The van der Waals surface area contributed by atoms with Crippen LogP contribution in [0.15, 0.2) is 65.4 Å². The van der Waals surface area contributed by atoms with Crippen molar-refractivity contribution in [1.82, 2.24) is 15.0 Å². The van der Waals surface area contributed by atoms with Gasteiger partial charge in [0.05, 0.1) is 29.3 Å². The first-order valence-corrected chi connectivity index (χ1v) is 14.8. The molecule has 44 heavy (non-hydrogen) atoms. The molecule has 2 fully saturated rings. The van der Waals surface area contributed by atoms with Crippen LogP contribution in [0.5, 0.6) is 0 Å². The van der Waals surface area contributed by atoms with Crippen LogP contribution in [-0.4, -0.2) is 83.5 Å². The molecule has 0 bridgehead atoms. The van der Waals surface area contributed by atoms with Gasteiger partial charge in [-0.2, -0.15) is 13.2 Å². The minimum Gasteiger partial charge on any atom is -0.375 e. The maximum atomic E-state index is 14.0. The quantitative estimate of drug-likeness (QED) is 0.371. The van der Waals surface area contributed by atoms with Crippen LogP contribution in [0.25, 0.3) is 0 Å². The highest BCUT2D eigenvalue weighted by atomic mass is 35.5. The summed E-state index contributed by atoms with van der Waals surface area (Å²) >= 11 is 6.51. The Kier molecular flexibility index (Phi) is 9.52. The molecule has 0 aliphatic carbocycles. The number of alkyl halides is 3. The molecule has 1 aromatic heterocycles. The molecule has 1 atom stereocenters. The molecule has 0 unspecified atom stereocenters. The second-order valence-corrected chi connectivity index (χ2v) is 11.6. The van der Waals surface area contributed by atoms with Crippen molar-refractivity contribution in [3.05, 3.63) is 82.7 Å². The molecule has 0 spiro atoms. The van der Waals surface area contributed by atoms with Gasteiger partial charge in [0.1, 0.15) is 12.0 Å². The number of aliphatic hydroxyl groups is 1. The van der Waals surface area contributed by atoms with E-state index in [1.54, 1.807) is 25.2 Å². The minimum atomic E-state index is -5.17. The number of benzene rings is 2. The summed E-state index contributed by atoms with van der Waals surface area (Å²) in [6.45, 7) is 1.82. The molecule has 236 valence electrons. The Morgan fingerprint density at radius 2 is 1.66 bits per heavy atom. The highest BCUT2D eigenvalue weighted by Crippen LogP contribution is 2.41. The van der Waals surface area contributed by atoms with Crippen LogP contribution >= 0.6 is 11.6 Å². The number of carbonyl (C=O) groups is 2. The molecule has 2 amide bonds. The predicted molar refractivity (Wildman–Crippen MR) is 156 cm³/mol. The molecule has 2 aliphatic heterocycles. The number of hydrogen-bond donors (Lipinski definition) is 1. The lowest BCUT2D eigenvalue weighted by molar-refractivity contribution is -0.262. The van der Waals surface area contributed by atoms with E-state index in [9.17, 15) is 27.9 Å². The first-order valence-electron chi connectivity index (χ1n) is 14.5. The lowest BCUT2D eigenvalue weighted by Crippen LogP contribution is -2.57. The van der Waals surface area contributed by atoms with Gasteiger partial charge in [0, 0.05) is 50.5 Å². The highest BCUT2D eigenvalue weighted by Gasteiger charge is 2.62. The summed E-state index contributed by atoms with van der Waals surface area (Å²) in [5, 5.41) is 14.8. The molecular formula is C31H34ClF3N4O5. The number of piperidine rings is 2. The first-order chi connectivity index (χ1) is 21.0. The van der Waals surface area contributed by atoms with Crippen molar-refractivity contribution in [2.45, 2.75) is 56.2 Å². The van der Waals surface area contributed by atoms with Crippen LogP contribution in [0, 0.1) is 0 Å². The van der Waals surface area contributed by atoms with E-state index in [2.05, 4.69) is 10.1 Å². The van der Waals surface area contributed by atoms with E-state index in [-0.39, 0.29) is 31.2 Å². The lowest BCUT2D eigenvalue weighted by atomic mass is 9.90. The van der Waals surface area contributed by atoms with Crippen molar-refractivity contribution < 1.29 is 37.1 Å². The van der Waals surface area contributed by atoms with Crippen LogP contribution in [-0.2, 0) is 21.7 Å². The number of carbonyl (C=O) groups excluding carboxylic acids is 2. The van der Waals surface area contributed by atoms with E-state index in [1.165, 1.54) is 29.4 Å². The summed E-state index contributed by atoms with van der Waals surface area (Å²) in [5.41, 5.74) is -2.18. The van der Waals surface area contributed by atoms with Gasteiger partial charge >= 0.3 is 6.18 Å². The monoisotopic (exact) mass is 634 g/mol. The smallest absolute Gasteiger partial charge is 0.375 e. The topological polar surface area (TPSA) is 99.4 Å². The fourth-order valence-electron chi connectivity index (χ4n) is 5.75. The third-order valence-electron chi connectivity index (χ3n) is 8.25. The Labute approximate surface area is 258 Å². The SMILES string of the molecule is CN(Cc1ccon1)C(=O)c1ccc(N2CCC(OC3CCN(C(=O)[C@](O)(c4ccccc4)C(F)(F)F)CC3)CC2)cc1Cl. The van der Waals surface area contributed by atoms with Crippen molar-refractivity contribution in [2.24, 2.45) is 0 Å². The van der Waals surface area contributed by atoms with Gasteiger partial charge in [0.2, 0.25) is 0 Å². The second-order valence-electron chi connectivity index (χ2n) is 11.2. The third kappa shape index (κ3) is 6.72. The Morgan fingerprint density at radius 1 is 1.02 bits per heavy atom. The van der Waals surface area contributed by atoms with Crippen LogP contribution in [0.1, 0.15) is 47.3 Å². The Morgan fingerprint density at radius 3 is 2.23 bits per heavy atom. The Bertz CT molecular complexity index is 1430. The lowest BCUT2D eigenvalue weighted by Gasteiger charge is -2.40. The van der Waals surface area contributed by atoms with E-state index in [1.807, 2.05) is 6.07 Å². The van der Waals surface area contributed by atoms with E-state index in [0.29, 0.717) is 48.8 Å². The second kappa shape index (κ2) is 13.2. The van der Waals surface area contributed by atoms with Crippen LogP contribution < -0.4 is 4.90 Å². The highest BCUT2D eigenvalue weighted by molar-refractivity contribution is 6.34. The first kappa shape index (κ1) is 31.8. The normalized spacial score (nSPS) is 18.2. The predicted octanol–water partition coefficient (Wildman–Crippen LogP) is 5.03. The van der Waals surface area contributed by atoms with Gasteiger partial charge in [-0.15, -0.1) is 0 Å². The minimum absolute atomic E-state index is 0.0311. The summed E-state index contributed by atoms with van der Waals surface area (Å²) in [5.74, 6) is -1.59. The molecule has 2 aliphatic rings. The maximum absolute atomic E-state index is 14.0. The molecule has 2 aromatic carbocycles. The van der Waals surface area contributed by atoms with Crippen molar-refractivity contribution in [1.29, 1.82) is 0 Å². The molecule has 0 saturated carbocycles. The Balaban J connectivity index is 1.11. The molecule has 5 rings (SSSR count). The summed E-state index contributed by atoms with van der Waals surface area (Å²) in [6.07, 6.45) is -1.71. The Hall–Kier alpha value is -3.61. The largest absolute Gasteiger partial charge is 0.430 e. The molecule has 3 heterocycles. The van der Waals surface area contributed by atoms with Crippen molar-refractivity contribution in [3.63, 3.8) is 0 Å². The average molecular weight is 635 g/mol. The van der Waals surface area contributed by atoms with E-state index < -0.39 is 23.2 Å². The van der Waals surface area contributed by atoms with Gasteiger partial charge in [-0.25, -0.2) is 0 Å². The number of halogens is 4. The van der Waals surface area contributed by atoms with Gasteiger partial charge in [-0.3, -0.25) is 9.59 Å². The van der Waals surface area contributed by atoms with Gasteiger partial charge in [0.15, 0.2) is 0 Å². The number of hydrogen-bond acceptors (Lipinski definition) is 7. The maximum Gasteiger partial charge on any atom is 0.430 e. The number of nitrogens with zero attached hydrogens (tertiary/aromatic N) is 4. The molecule has 2 saturated heterocycles. The fourth-order valence-corrected chi connectivity index (χ4v) is 6.00. The van der Waals surface area contributed by atoms with Gasteiger partial charge in [0.25, 0.3) is 17.4 Å². The molecular weight excluding hydrogens is 601 g/mol. The molecule has 3 aromatic rings. The average Bonchev–Trinajstić information content (AvgIpc) is 3.53. The molecule has 0 radical (unpaired) electrons. The zero-order valence-electron chi connectivity index (χ0n) is 24.2. The fraction of sp³-hybridized carbons (Fsp3) is 0.452. The summed E-state index contributed by atoms with van der Waals surface area (Å²) in [4.78, 5) is 30.6. The number of ether oxygens (including phenoxy) is 1. The molecule has 1 N–H and O–H groups in total. The number of likely N-dealkylation sites (tertiary alicyclic amines) is 1. The molecule has 13 heteroatoms. The number of rotatable bonds is 8. The summed E-state index contributed by atoms with van der Waals surface area (Å²) in [7, 11) is 1.67. The van der Waals surface area contributed by atoms with E-state index >= 15 is 0 Å². The van der Waals surface area contributed by atoms with Crippen molar-refractivity contribution >= 4 is 29.1 Å². The van der Waals surface area contributed by atoms with Crippen LogP contribution in [0.4, 0.5) is 18.9 Å². The summed E-state index contributed by atoms with van der Waals surface area (Å²) < 4.78 is 53.0. The van der Waals surface area contributed by atoms with Crippen LogP contribution in [0.2, 0.25) is 5.02 Å². The summed E-state index contributed by atoms with van der Waals surface area (Å²) in [6, 6.07) is 13.5. The standard InChI is InChI=1S/C31H34ClF3N4O5/c1-37(20-22-13-18-43-36-22)28(40)26-8-7-23(19-27(26)32)38-14-9-24(10-15-38)44-25-11-16-39(17-12-25)29(41)30(42,31(33,34)35)21-5-3-2-4-6-21/h2-8,13,18-19,24-25,42H,9-12,14-17,20H2,1H3/t30-/m1/s1. The van der Waals surface area contributed by atoms with Crippen molar-refractivity contribution in [2.75, 3.05) is 38.1 Å².